The fourth-order valence-electron chi connectivity index (χ4n) is 2.51. The van der Waals surface area contributed by atoms with Crippen LogP contribution in [0.2, 0.25) is 0 Å². The number of rotatable bonds is 5. The summed E-state index contributed by atoms with van der Waals surface area (Å²) >= 11 is 0. The lowest BCUT2D eigenvalue weighted by atomic mass is 10.1. The summed E-state index contributed by atoms with van der Waals surface area (Å²) in [4.78, 5) is 25.9. The van der Waals surface area contributed by atoms with E-state index in [9.17, 15) is 9.59 Å². The Morgan fingerprint density at radius 2 is 1.96 bits per heavy atom. The van der Waals surface area contributed by atoms with E-state index in [0.717, 1.165) is 17.0 Å². The molecule has 0 saturated carbocycles. The first-order valence-corrected chi connectivity index (χ1v) is 8.17. The van der Waals surface area contributed by atoms with Crippen LogP contribution in [0.3, 0.4) is 0 Å². The predicted molar refractivity (Wildman–Crippen MR) is 97.8 cm³/mol. The summed E-state index contributed by atoms with van der Waals surface area (Å²) in [6.07, 6.45) is 0.635. The van der Waals surface area contributed by atoms with E-state index in [1.165, 1.54) is 4.90 Å². The number of benzene rings is 1. The molecule has 1 heterocycles. The zero-order valence-corrected chi connectivity index (χ0v) is 15.3. The number of hydrogen-bond acceptors (Lipinski definition) is 3. The number of aromatic nitrogens is 2. The number of urea groups is 1. The first-order valence-electron chi connectivity index (χ1n) is 8.17. The van der Waals surface area contributed by atoms with E-state index in [-0.39, 0.29) is 18.0 Å². The molecule has 134 valence electrons. The molecule has 0 spiro atoms. The number of carbonyl (C=O) groups excluding carboxylic acids is 2. The van der Waals surface area contributed by atoms with Crippen molar-refractivity contribution in [1.82, 2.24) is 20.4 Å². The first-order chi connectivity index (χ1) is 11.8. The van der Waals surface area contributed by atoms with E-state index in [1.54, 1.807) is 26.2 Å². The summed E-state index contributed by atoms with van der Waals surface area (Å²) < 4.78 is 0. The van der Waals surface area contributed by atoms with Gasteiger partial charge in [-0.05, 0) is 44.5 Å². The molecule has 0 fully saturated rings. The van der Waals surface area contributed by atoms with E-state index < -0.39 is 0 Å². The van der Waals surface area contributed by atoms with Gasteiger partial charge in [-0.25, -0.2) is 4.79 Å². The van der Waals surface area contributed by atoms with E-state index in [4.69, 9.17) is 0 Å². The zero-order chi connectivity index (χ0) is 18.6. The Morgan fingerprint density at radius 1 is 1.24 bits per heavy atom. The number of nitrogens with one attached hydrogen (secondary N) is 3. The number of amides is 3. The molecular weight excluding hydrogens is 318 g/mol. The van der Waals surface area contributed by atoms with Gasteiger partial charge in [-0.15, -0.1) is 0 Å². The normalized spacial score (nSPS) is 11.7. The van der Waals surface area contributed by atoms with Gasteiger partial charge in [0.05, 0.1) is 5.69 Å². The Hall–Kier alpha value is -2.83. The second-order valence-electron chi connectivity index (χ2n) is 6.48. The number of H-pyrrole nitrogens is 1. The number of hydrogen-bond donors (Lipinski definition) is 3. The summed E-state index contributed by atoms with van der Waals surface area (Å²) in [5.41, 5.74) is 3.91. The molecule has 7 nitrogen and oxygen atoms in total. The van der Waals surface area contributed by atoms with Crippen molar-refractivity contribution in [2.45, 2.75) is 33.2 Å². The van der Waals surface area contributed by atoms with E-state index in [0.29, 0.717) is 17.7 Å². The SMILES string of the molecule is Cc1cc(CC(C)NC(=O)Nc2ccc(C)c(C(=O)N(C)C)c2)n[nH]1. The average Bonchev–Trinajstić information content (AvgIpc) is 2.93. The molecule has 1 aromatic carbocycles. The number of carbonyl (C=O) groups is 2. The van der Waals surface area contributed by atoms with Crippen LogP contribution in [-0.4, -0.2) is 47.2 Å². The largest absolute Gasteiger partial charge is 0.345 e. The highest BCUT2D eigenvalue weighted by atomic mass is 16.2. The third-order valence-electron chi connectivity index (χ3n) is 3.78. The van der Waals surface area contributed by atoms with Crippen LogP contribution >= 0.6 is 0 Å². The minimum Gasteiger partial charge on any atom is -0.345 e. The Balaban J connectivity index is 1.98. The monoisotopic (exact) mass is 343 g/mol. The number of aromatic amines is 1. The van der Waals surface area contributed by atoms with Gasteiger partial charge in [-0.2, -0.15) is 5.10 Å². The lowest BCUT2D eigenvalue weighted by Gasteiger charge is -2.16. The van der Waals surface area contributed by atoms with Gasteiger partial charge >= 0.3 is 6.03 Å². The van der Waals surface area contributed by atoms with Crippen molar-refractivity contribution in [3.8, 4) is 0 Å². The molecule has 1 aromatic heterocycles. The van der Waals surface area contributed by atoms with Crippen LogP contribution in [0.15, 0.2) is 24.3 Å². The summed E-state index contributed by atoms with van der Waals surface area (Å²) in [6, 6.07) is 6.86. The van der Waals surface area contributed by atoms with Gasteiger partial charge in [-0.1, -0.05) is 6.07 Å². The van der Waals surface area contributed by atoms with Crippen molar-refractivity contribution in [2.24, 2.45) is 0 Å². The molecule has 3 N–H and O–H groups in total. The average molecular weight is 343 g/mol. The Morgan fingerprint density at radius 3 is 2.56 bits per heavy atom. The quantitative estimate of drug-likeness (QED) is 0.779. The Labute approximate surface area is 147 Å². The molecule has 25 heavy (non-hydrogen) atoms. The smallest absolute Gasteiger partial charge is 0.319 e. The maximum atomic E-state index is 12.2. The molecule has 0 aliphatic rings. The van der Waals surface area contributed by atoms with Crippen molar-refractivity contribution in [3.63, 3.8) is 0 Å². The van der Waals surface area contributed by atoms with Crippen molar-refractivity contribution in [2.75, 3.05) is 19.4 Å². The Kier molecular flexibility index (Phi) is 5.80. The molecule has 1 atom stereocenters. The minimum atomic E-state index is -0.313. The molecule has 0 aliphatic carbocycles. The third kappa shape index (κ3) is 5.07. The fourth-order valence-corrected chi connectivity index (χ4v) is 2.51. The van der Waals surface area contributed by atoms with Crippen LogP contribution in [0.4, 0.5) is 10.5 Å². The summed E-state index contributed by atoms with van der Waals surface area (Å²) in [7, 11) is 3.40. The molecule has 1 unspecified atom stereocenters. The van der Waals surface area contributed by atoms with Crippen molar-refractivity contribution in [1.29, 1.82) is 0 Å². The highest BCUT2D eigenvalue weighted by Gasteiger charge is 2.14. The molecule has 0 aliphatic heterocycles. The second-order valence-corrected chi connectivity index (χ2v) is 6.48. The van der Waals surface area contributed by atoms with E-state index in [2.05, 4.69) is 20.8 Å². The highest BCUT2D eigenvalue weighted by Crippen LogP contribution is 2.16. The molecule has 3 amide bonds. The molecular formula is C18H25N5O2. The Bertz CT molecular complexity index is 767. The number of anilines is 1. The van der Waals surface area contributed by atoms with Gasteiger partial charge in [0.25, 0.3) is 5.91 Å². The molecule has 0 radical (unpaired) electrons. The maximum Gasteiger partial charge on any atom is 0.319 e. The topological polar surface area (TPSA) is 90.1 Å². The molecule has 0 saturated heterocycles. The predicted octanol–water partition coefficient (Wildman–Crippen LogP) is 2.48. The molecule has 0 bridgehead atoms. The van der Waals surface area contributed by atoms with E-state index >= 15 is 0 Å². The first kappa shape index (κ1) is 18.5. The van der Waals surface area contributed by atoms with Crippen molar-refractivity contribution in [3.05, 3.63) is 46.8 Å². The molecule has 2 rings (SSSR count). The van der Waals surface area contributed by atoms with Gasteiger partial charge in [-0.3, -0.25) is 9.89 Å². The lowest BCUT2D eigenvalue weighted by molar-refractivity contribution is 0.0827. The van der Waals surface area contributed by atoms with Crippen LogP contribution in [0.1, 0.15) is 34.2 Å². The van der Waals surface area contributed by atoms with Gasteiger partial charge in [0.15, 0.2) is 0 Å². The lowest BCUT2D eigenvalue weighted by Crippen LogP contribution is -2.37. The fraction of sp³-hybridized carbons (Fsp3) is 0.389. The number of nitrogens with zero attached hydrogens (tertiary/aromatic N) is 2. The minimum absolute atomic E-state index is 0.0731. The van der Waals surface area contributed by atoms with Gasteiger partial charge in [0.1, 0.15) is 0 Å². The summed E-state index contributed by atoms with van der Waals surface area (Å²) in [6.45, 7) is 5.72. The van der Waals surface area contributed by atoms with Crippen molar-refractivity contribution < 1.29 is 9.59 Å². The summed E-state index contributed by atoms with van der Waals surface area (Å²) in [5, 5.41) is 12.7. The second kappa shape index (κ2) is 7.83. The summed E-state index contributed by atoms with van der Waals surface area (Å²) in [5.74, 6) is -0.0937. The van der Waals surface area contributed by atoms with Gasteiger partial charge in [0.2, 0.25) is 0 Å². The van der Waals surface area contributed by atoms with Crippen LogP contribution < -0.4 is 10.6 Å². The van der Waals surface area contributed by atoms with Gasteiger partial charge < -0.3 is 15.5 Å². The number of aryl methyl sites for hydroxylation is 2. The standard InChI is InChI=1S/C18H25N5O2/c1-11-6-7-14(10-16(11)17(24)23(4)5)20-18(25)19-12(2)8-15-9-13(3)21-22-15/h6-7,9-10,12H,8H2,1-5H3,(H,21,22)(H2,19,20,25). The maximum absolute atomic E-state index is 12.2. The highest BCUT2D eigenvalue weighted by molar-refractivity contribution is 5.97. The van der Waals surface area contributed by atoms with Crippen LogP contribution in [0.25, 0.3) is 0 Å². The van der Waals surface area contributed by atoms with Crippen LogP contribution in [-0.2, 0) is 6.42 Å². The molecule has 2 aromatic rings. The van der Waals surface area contributed by atoms with E-state index in [1.807, 2.05) is 32.9 Å². The van der Waals surface area contributed by atoms with Crippen LogP contribution in [0, 0.1) is 13.8 Å². The third-order valence-corrected chi connectivity index (χ3v) is 3.78. The molecule has 7 heteroatoms. The zero-order valence-electron chi connectivity index (χ0n) is 15.3. The van der Waals surface area contributed by atoms with Crippen LogP contribution in [0.5, 0.6) is 0 Å². The van der Waals surface area contributed by atoms with Gasteiger partial charge in [0, 0.05) is 43.5 Å². The van der Waals surface area contributed by atoms with Crippen molar-refractivity contribution >= 4 is 17.6 Å².